The Morgan fingerprint density at radius 2 is 1.93 bits per heavy atom. The van der Waals surface area contributed by atoms with Gasteiger partial charge in [0.05, 0.1) is 0 Å². The summed E-state index contributed by atoms with van der Waals surface area (Å²) in [5.41, 5.74) is 0.931. The first-order chi connectivity index (χ1) is 6.72. The van der Waals surface area contributed by atoms with Gasteiger partial charge < -0.3 is 4.74 Å². The Bertz CT molecular complexity index is 295. The summed E-state index contributed by atoms with van der Waals surface area (Å²) in [6.45, 7) is -2.77. The lowest BCUT2D eigenvalue weighted by molar-refractivity contribution is -0.0498. The van der Waals surface area contributed by atoms with Crippen molar-refractivity contribution in [3.05, 3.63) is 35.9 Å². The van der Waals surface area contributed by atoms with Gasteiger partial charge in [-0.15, -0.1) is 0 Å². The van der Waals surface area contributed by atoms with E-state index in [-0.39, 0.29) is 5.75 Å². The Balaban J connectivity index is 2.64. The van der Waals surface area contributed by atoms with Gasteiger partial charge in [0.2, 0.25) is 0 Å². The molecule has 0 aliphatic carbocycles. The number of rotatable bonds is 4. The maximum absolute atomic E-state index is 11.8. The zero-order valence-electron chi connectivity index (χ0n) is 7.36. The summed E-state index contributed by atoms with van der Waals surface area (Å²) in [5.74, 6) is 0.818. The molecular formula is C10H10F2OS. The predicted molar refractivity (Wildman–Crippen MR) is 56.0 cm³/mol. The van der Waals surface area contributed by atoms with Crippen LogP contribution in [0.25, 0.3) is 6.08 Å². The fourth-order valence-electron chi connectivity index (χ4n) is 0.949. The number of hydrogen-bond acceptors (Lipinski definition) is 2. The third-order valence-electron chi connectivity index (χ3n) is 1.52. The van der Waals surface area contributed by atoms with Crippen LogP contribution >= 0.6 is 12.6 Å². The summed E-state index contributed by atoms with van der Waals surface area (Å²) in [6.07, 6.45) is 3.73. The van der Waals surface area contributed by atoms with Crippen molar-refractivity contribution in [1.82, 2.24) is 0 Å². The smallest absolute Gasteiger partial charge is 0.387 e. The van der Waals surface area contributed by atoms with Crippen LogP contribution in [-0.2, 0) is 0 Å². The zero-order chi connectivity index (χ0) is 10.4. The lowest BCUT2D eigenvalue weighted by atomic mass is 10.2. The molecule has 0 aliphatic rings. The van der Waals surface area contributed by atoms with Gasteiger partial charge in [0, 0.05) is 5.75 Å². The maximum atomic E-state index is 11.8. The van der Waals surface area contributed by atoms with Gasteiger partial charge in [-0.05, 0) is 17.7 Å². The van der Waals surface area contributed by atoms with E-state index in [1.807, 2.05) is 12.2 Å². The zero-order valence-corrected chi connectivity index (χ0v) is 8.25. The Kier molecular flexibility index (Phi) is 4.46. The van der Waals surface area contributed by atoms with E-state index in [0.29, 0.717) is 5.75 Å². The molecule has 0 saturated heterocycles. The van der Waals surface area contributed by atoms with Crippen molar-refractivity contribution < 1.29 is 13.5 Å². The molecule has 14 heavy (non-hydrogen) atoms. The molecule has 1 nitrogen and oxygen atoms in total. The average molecular weight is 216 g/mol. The minimum absolute atomic E-state index is 0.169. The van der Waals surface area contributed by atoms with E-state index in [0.717, 1.165) is 5.56 Å². The average Bonchev–Trinajstić information content (AvgIpc) is 2.16. The molecular weight excluding hydrogens is 206 g/mol. The van der Waals surface area contributed by atoms with Crippen molar-refractivity contribution in [3.8, 4) is 5.75 Å². The Labute approximate surface area is 86.8 Å². The highest BCUT2D eigenvalue weighted by molar-refractivity contribution is 7.80. The van der Waals surface area contributed by atoms with Crippen LogP contribution in [0.15, 0.2) is 30.3 Å². The second-order valence-corrected chi connectivity index (χ2v) is 2.90. The van der Waals surface area contributed by atoms with Crippen molar-refractivity contribution in [1.29, 1.82) is 0 Å². The van der Waals surface area contributed by atoms with Crippen LogP contribution in [0.5, 0.6) is 5.75 Å². The fraction of sp³-hybridized carbons (Fsp3) is 0.200. The molecule has 0 spiro atoms. The summed E-state index contributed by atoms with van der Waals surface area (Å²) >= 11 is 4.01. The van der Waals surface area contributed by atoms with Crippen molar-refractivity contribution in [2.24, 2.45) is 0 Å². The fourth-order valence-corrected chi connectivity index (χ4v) is 1.05. The Hall–Kier alpha value is -1.03. The molecule has 1 aromatic rings. The third kappa shape index (κ3) is 3.79. The van der Waals surface area contributed by atoms with Gasteiger partial charge in [-0.25, -0.2) is 0 Å². The number of alkyl halides is 2. The molecule has 1 rings (SSSR count). The number of halogens is 2. The van der Waals surface area contributed by atoms with Crippen LogP contribution in [0.4, 0.5) is 8.78 Å². The predicted octanol–water partition coefficient (Wildman–Crippen LogP) is 3.23. The second-order valence-electron chi connectivity index (χ2n) is 2.53. The largest absolute Gasteiger partial charge is 0.435 e. The summed E-state index contributed by atoms with van der Waals surface area (Å²) < 4.78 is 27.8. The summed E-state index contributed by atoms with van der Waals surface area (Å²) in [4.78, 5) is 0. The normalized spacial score (nSPS) is 11.1. The molecule has 0 aliphatic heterocycles. The van der Waals surface area contributed by atoms with Crippen molar-refractivity contribution in [3.63, 3.8) is 0 Å². The third-order valence-corrected chi connectivity index (χ3v) is 1.73. The Morgan fingerprint density at radius 3 is 2.43 bits per heavy atom. The van der Waals surface area contributed by atoms with Crippen LogP contribution in [-0.4, -0.2) is 12.4 Å². The summed E-state index contributed by atoms with van der Waals surface area (Å²) in [5, 5.41) is 0. The highest BCUT2D eigenvalue weighted by Crippen LogP contribution is 2.15. The van der Waals surface area contributed by atoms with Gasteiger partial charge in [-0.1, -0.05) is 24.3 Å². The van der Waals surface area contributed by atoms with E-state index in [1.54, 1.807) is 12.1 Å². The van der Waals surface area contributed by atoms with Gasteiger partial charge in [0.15, 0.2) is 0 Å². The minimum atomic E-state index is -2.77. The quantitative estimate of drug-likeness (QED) is 0.760. The van der Waals surface area contributed by atoms with Crippen LogP contribution in [0.1, 0.15) is 5.56 Å². The van der Waals surface area contributed by atoms with E-state index in [1.165, 1.54) is 12.1 Å². The molecule has 0 saturated carbocycles. The van der Waals surface area contributed by atoms with Gasteiger partial charge >= 0.3 is 6.61 Å². The SMILES string of the molecule is FC(F)Oc1ccc(C=CCS)cc1. The molecule has 0 atom stereocenters. The molecule has 0 radical (unpaired) electrons. The van der Waals surface area contributed by atoms with E-state index in [2.05, 4.69) is 17.4 Å². The van der Waals surface area contributed by atoms with Gasteiger partial charge in [0.1, 0.15) is 5.75 Å². The molecule has 0 fully saturated rings. The minimum Gasteiger partial charge on any atom is -0.435 e. The number of thiol groups is 1. The van der Waals surface area contributed by atoms with E-state index >= 15 is 0 Å². The standard InChI is InChI=1S/C10H10F2OS/c11-10(12)13-9-5-3-8(4-6-9)2-1-7-14/h1-6,10,14H,7H2. The summed E-state index contributed by atoms with van der Waals surface area (Å²) in [7, 11) is 0. The number of ether oxygens (including phenoxy) is 1. The van der Waals surface area contributed by atoms with Gasteiger partial charge in [-0.2, -0.15) is 21.4 Å². The van der Waals surface area contributed by atoms with Gasteiger partial charge in [-0.3, -0.25) is 0 Å². The second kappa shape index (κ2) is 5.65. The molecule has 4 heteroatoms. The molecule has 0 amide bonds. The van der Waals surface area contributed by atoms with Crippen LogP contribution < -0.4 is 4.74 Å². The molecule has 1 aromatic carbocycles. The molecule has 0 heterocycles. The van der Waals surface area contributed by atoms with Crippen molar-refractivity contribution in [2.75, 3.05) is 5.75 Å². The molecule has 0 N–H and O–H groups in total. The molecule has 0 unspecified atom stereocenters. The Morgan fingerprint density at radius 1 is 1.29 bits per heavy atom. The molecule has 76 valence electrons. The first-order valence-corrected chi connectivity index (χ1v) is 4.68. The van der Waals surface area contributed by atoms with Crippen LogP contribution in [0.3, 0.4) is 0 Å². The summed E-state index contributed by atoms with van der Waals surface area (Å²) in [6, 6.07) is 6.42. The lowest BCUT2D eigenvalue weighted by Crippen LogP contribution is -2.01. The van der Waals surface area contributed by atoms with E-state index in [9.17, 15) is 8.78 Å². The highest BCUT2D eigenvalue weighted by atomic mass is 32.1. The van der Waals surface area contributed by atoms with Crippen molar-refractivity contribution in [2.45, 2.75) is 6.61 Å². The van der Waals surface area contributed by atoms with Crippen LogP contribution in [0.2, 0.25) is 0 Å². The maximum Gasteiger partial charge on any atom is 0.387 e. The van der Waals surface area contributed by atoms with Crippen LogP contribution in [0, 0.1) is 0 Å². The highest BCUT2D eigenvalue weighted by Gasteiger charge is 2.02. The van der Waals surface area contributed by atoms with E-state index < -0.39 is 6.61 Å². The lowest BCUT2D eigenvalue weighted by Gasteiger charge is -2.03. The monoisotopic (exact) mass is 216 g/mol. The number of benzene rings is 1. The van der Waals surface area contributed by atoms with E-state index in [4.69, 9.17) is 0 Å². The number of hydrogen-bond donors (Lipinski definition) is 1. The topological polar surface area (TPSA) is 9.23 Å². The van der Waals surface area contributed by atoms with Gasteiger partial charge in [0.25, 0.3) is 0 Å². The molecule has 0 bridgehead atoms. The molecule has 0 aromatic heterocycles. The first kappa shape index (κ1) is 11.0. The first-order valence-electron chi connectivity index (χ1n) is 4.04. The van der Waals surface area contributed by atoms with Crippen molar-refractivity contribution >= 4 is 18.7 Å².